The van der Waals surface area contributed by atoms with Crippen LogP contribution in [0.1, 0.15) is 35.4 Å². The number of nitrogens with zero attached hydrogens (tertiary/aromatic N) is 1. The molecule has 1 heterocycles. The quantitative estimate of drug-likeness (QED) is 0.823. The first-order valence-corrected chi connectivity index (χ1v) is 7.62. The van der Waals surface area contributed by atoms with Crippen LogP contribution in [0.3, 0.4) is 0 Å². The number of nitrogens with one attached hydrogen (secondary N) is 1. The monoisotopic (exact) mass is 302 g/mol. The Bertz CT molecular complexity index is 653. The molecule has 3 rings (SSSR count). The third-order valence-electron chi connectivity index (χ3n) is 3.87. The summed E-state index contributed by atoms with van der Waals surface area (Å²) in [5, 5.41) is 3.71. The molecule has 4 heteroatoms. The van der Waals surface area contributed by atoms with Crippen LogP contribution in [0.4, 0.5) is 5.69 Å². The average Bonchev–Trinajstić information content (AvgIpc) is 3.32. The van der Waals surface area contributed by atoms with Gasteiger partial charge in [0.1, 0.15) is 11.8 Å². The number of benzene rings is 1. The highest BCUT2D eigenvalue weighted by molar-refractivity contribution is 6.29. The van der Waals surface area contributed by atoms with Crippen LogP contribution in [-0.2, 0) is 6.61 Å². The van der Waals surface area contributed by atoms with Gasteiger partial charge >= 0.3 is 0 Å². The minimum atomic E-state index is 0.458. The van der Waals surface area contributed by atoms with Crippen molar-refractivity contribution in [3.05, 3.63) is 52.2 Å². The molecule has 21 heavy (non-hydrogen) atoms. The zero-order valence-corrected chi connectivity index (χ0v) is 13.1. The Morgan fingerprint density at radius 3 is 2.81 bits per heavy atom. The molecule has 1 saturated carbocycles. The van der Waals surface area contributed by atoms with Crippen molar-refractivity contribution < 1.29 is 4.74 Å². The first-order valence-electron chi connectivity index (χ1n) is 7.24. The molecule has 0 unspecified atom stereocenters. The molecule has 0 atom stereocenters. The standard InChI is InChI=1S/C17H19ClN2O/c1-11-6-9-16(18)20-17(11)21-10-14-13(12-7-8-12)4-3-5-15(14)19-2/h3-6,9,12,19H,7-8,10H2,1-2H3. The molecule has 0 amide bonds. The van der Waals surface area contributed by atoms with E-state index in [1.807, 2.05) is 20.0 Å². The van der Waals surface area contributed by atoms with E-state index in [4.69, 9.17) is 16.3 Å². The van der Waals surface area contributed by atoms with E-state index in [-0.39, 0.29) is 0 Å². The van der Waals surface area contributed by atoms with Crippen LogP contribution in [0.25, 0.3) is 0 Å². The number of hydrogen-bond acceptors (Lipinski definition) is 3. The van der Waals surface area contributed by atoms with Crippen molar-refractivity contribution in [1.82, 2.24) is 4.98 Å². The Morgan fingerprint density at radius 1 is 1.29 bits per heavy atom. The van der Waals surface area contributed by atoms with Crippen molar-refractivity contribution in [3.63, 3.8) is 0 Å². The summed E-state index contributed by atoms with van der Waals surface area (Å²) in [6.45, 7) is 2.49. The zero-order valence-electron chi connectivity index (χ0n) is 12.3. The highest BCUT2D eigenvalue weighted by atomic mass is 35.5. The van der Waals surface area contributed by atoms with E-state index in [1.165, 1.54) is 24.0 Å². The molecule has 1 N–H and O–H groups in total. The summed E-state index contributed by atoms with van der Waals surface area (Å²) in [6.07, 6.45) is 2.54. The number of halogens is 1. The van der Waals surface area contributed by atoms with E-state index in [2.05, 4.69) is 28.5 Å². The molecule has 0 radical (unpaired) electrons. The first-order chi connectivity index (χ1) is 10.2. The van der Waals surface area contributed by atoms with Gasteiger partial charge in [-0.1, -0.05) is 29.8 Å². The fraction of sp³-hybridized carbons (Fsp3) is 0.353. The number of anilines is 1. The summed E-state index contributed by atoms with van der Waals surface area (Å²) in [4.78, 5) is 4.26. The molecule has 1 aliphatic carbocycles. The summed E-state index contributed by atoms with van der Waals surface area (Å²) in [5.74, 6) is 1.29. The summed E-state index contributed by atoms with van der Waals surface area (Å²) in [7, 11) is 1.94. The van der Waals surface area contributed by atoms with E-state index in [0.29, 0.717) is 23.6 Å². The Balaban J connectivity index is 1.85. The number of aromatic nitrogens is 1. The van der Waals surface area contributed by atoms with Crippen LogP contribution in [0.15, 0.2) is 30.3 Å². The van der Waals surface area contributed by atoms with E-state index >= 15 is 0 Å². The van der Waals surface area contributed by atoms with E-state index in [0.717, 1.165) is 11.3 Å². The van der Waals surface area contributed by atoms with Crippen molar-refractivity contribution in [3.8, 4) is 5.88 Å². The minimum absolute atomic E-state index is 0.458. The summed E-state index contributed by atoms with van der Waals surface area (Å²) in [6, 6.07) is 10.1. The smallest absolute Gasteiger partial charge is 0.218 e. The van der Waals surface area contributed by atoms with Crippen LogP contribution >= 0.6 is 11.6 Å². The fourth-order valence-corrected chi connectivity index (χ4v) is 2.69. The highest BCUT2D eigenvalue weighted by Crippen LogP contribution is 2.43. The molecule has 1 aliphatic rings. The van der Waals surface area contributed by atoms with Gasteiger partial charge in [-0.3, -0.25) is 0 Å². The second kappa shape index (κ2) is 5.94. The zero-order chi connectivity index (χ0) is 14.8. The van der Waals surface area contributed by atoms with Gasteiger partial charge in [-0.15, -0.1) is 0 Å². The van der Waals surface area contributed by atoms with Gasteiger partial charge < -0.3 is 10.1 Å². The molecule has 0 aliphatic heterocycles. The predicted molar refractivity (Wildman–Crippen MR) is 86.3 cm³/mol. The number of pyridine rings is 1. The molecule has 0 bridgehead atoms. The van der Waals surface area contributed by atoms with Crippen LogP contribution in [0.2, 0.25) is 5.15 Å². The van der Waals surface area contributed by atoms with Crippen molar-refractivity contribution >= 4 is 17.3 Å². The number of ether oxygens (including phenoxy) is 1. The maximum atomic E-state index is 5.95. The SMILES string of the molecule is CNc1cccc(C2CC2)c1COc1nc(Cl)ccc1C. The normalized spacial score (nSPS) is 14.0. The largest absolute Gasteiger partial charge is 0.472 e. The number of hydrogen-bond donors (Lipinski definition) is 1. The molecule has 3 nitrogen and oxygen atoms in total. The summed E-state index contributed by atoms with van der Waals surface area (Å²) < 4.78 is 5.93. The third-order valence-corrected chi connectivity index (χ3v) is 4.08. The van der Waals surface area contributed by atoms with Gasteiger partial charge in [-0.05, 0) is 43.4 Å². The van der Waals surface area contributed by atoms with Crippen molar-refractivity contribution in [2.24, 2.45) is 0 Å². The Morgan fingerprint density at radius 2 is 2.10 bits per heavy atom. The second-order valence-corrected chi connectivity index (χ2v) is 5.83. The number of aryl methyl sites for hydroxylation is 1. The Labute approximate surface area is 130 Å². The maximum absolute atomic E-state index is 5.95. The molecule has 0 spiro atoms. The van der Waals surface area contributed by atoms with Crippen molar-refractivity contribution in [1.29, 1.82) is 0 Å². The van der Waals surface area contributed by atoms with Crippen LogP contribution in [0.5, 0.6) is 5.88 Å². The lowest BCUT2D eigenvalue weighted by atomic mass is 10.0. The molecule has 0 saturated heterocycles. The van der Waals surface area contributed by atoms with E-state index in [1.54, 1.807) is 6.07 Å². The summed E-state index contributed by atoms with van der Waals surface area (Å²) >= 11 is 5.95. The molecular formula is C17H19ClN2O. The van der Waals surface area contributed by atoms with E-state index in [9.17, 15) is 0 Å². The van der Waals surface area contributed by atoms with Crippen LogP contribution in [-0.4, -0.2) is 12.0 Å². The first kappa shape index (κ1) is 14.2. The number of rotatable bonds is 5. The van der Waals surface area contributed by atoms with Crippen LogP contribution in [0, 0.1) is 6.92 Å². The molecule has 1 aromatic heterocycles. The summed E-state index contributed by atoms with van der Waals surface area (Å²) in [5.41, 5.74) is 4.73. The lowest BCUT2D eigenvalue weighted by Crippen LogP contribution is -2.06. The van der Waals surface area contributed by atoms with Gasteiger partial charge in [-0.25, -0.2) is 4.98 Å². The van der Waals surface area contributed by atoms with Gasteiger partial charge in [0.25, 0.3) is 0 Å². The average molecular weight is 303 g/mol. The molecule has 1 aromatic carbocycles. The van der Waals surface area contributed by atoms with Crippen molar-refractivity contribution in [2.75, 3.05) is 12.4 Å². The van der Waals surface area contributed by atoms with Gasteiger partial charge in [0, 0.05) is 23.9 Å². The van der Waals surface area contributed by atoms with Crippen LogP contribution < -0.4 is 10.1 Å². The lowest BCUT2D eigenvalue weighted by Gasteiger charge is -2.15. The second-order valence-electron chi connectivity index (χ2n) is 5.44. The molecule has 2 aromatic rings. The minimum Gasteiger partial charge on any atom is -0.472 e. The maximum Gasteiger partial charge on any atom is 0.218 e. The molecule has 110 valence electrons. The van der Waals surface area contributed by atoms with Crippen molar-refractivity contribution in [2.45, 2.75) is 32.3 Å². The van der Waals surface area contributed by atoms with Gasteiger partial charge in [0.15, 0.2) is 0 Å². The molecular weight excluding hydrogens is 284 g/mol. The Hall–Kier alpha value is -1.74. The fourth-order valence-electron chi connectivity index (χ4n) is 2.55. The lowest BCUT2D eigenvalue weighted by molar-refractivity contribution is 0.291. The Kier molecular flexibility index (Phi) is 4.02. The van der Waals surface area contributed by atoms with Gasteiger partial charge in [0.05, 0.1) is 0 Å². The highest BCUT2D eigenvalue weighted by Gasteiger charge is 2.27. The topological polar surface area (TPSA) is 34.1 Å². The van der Waals surface area contributed by atoms with Gasteiger partial charge in [0.2, 0.25) is 5.88 Å². The predicted octanol–water partition coefficient (Wildman–Crippen LogP) is 4.54. The van der Waals surface area contributed by atoms with Gasteiger partial charge in [-0.2, -0.15) is 0 Å². The third kappa shape index (κ3) is 3.13. The molecule has 1 fully saturated rings. The van der Waals surface area contributed by atoms with E-state index < -0.39 is 0 Å².